The average molecular weight is 682 g/mol. The summed E-state index contributed by atoms with van der Waals surface area (Å²) >= 11 is 0. The molecule has 9 heteroatoms. The van der Waals surface area contributed by atoms with Gasteiger partial charge in [-0.2, -0.15) is 8.42 Å². The lowest BCUT2D eigenvalue weighted by molar-refractivity contribution is -0.150. The number of rotatable bonds is 30. The van der Waals surface area contributed by atoms with Gasteiger partial charge in [-0.05, 0) is 63.2 Å². The second kappa shape index (κ2) is 31.9. The molecule has 0 aromatic carbocycles. The van der Waals surface area contributed by atoms with E-state index in [0.29, 0.717) is 12.8 Å². The molecule has 0 bridgehead atoms. The van der Waals surface area contributed by atoms with Gasteiger partial charge < -0.3 is 9.47 Å². The van der Waals surface area contributed by atoms with E-state index >= 15 is 0 Å². The second-order valence-corrected chi connectivity index (χ2v) is 18.9. The van der Waals surface area contributed by atoms with Gasteiger partial charge in [0.2, 0.25) is 0 Å². The number of ether oxygens (including phenoxy) is 2. The maximum atomic E-state index is 12.0. The van der Waals surface area contributed by atoms with Crippen LogP contribution >= 0.6 is 7.26 Å². The molecule has 0 heterocycles. The van der Waals surface area contributed by atoms with E-state index in [-0.39, 0.29) is 13.2 Å². The Morgan fingerprint density at radius 1 is 0.533 bits per heavy atom. The Balaban J connectivity index is 0. The molecule has 0 aliphatic carbocycles. The van der Waals surface area contributed by atoms with Crippen molar-refractivity contribution < 1.29 is 32.0 Å². The summed E-state index contributed by atoms with van der Waals surface area (Å²) in [7, 11) is -5.30. The summed E-state index contributed by atoms with van der Waals surface area (Å²) in [5.74, 6) is -1.93. The highest BCUT2D eigenvalue weighted by Gasteiger charge is 2.35. The molecular formula is C36H74O7PS. The smallest absolute Gasteiger partial charge is 0.327 e. The van der Waals surface area contributed by atoms with Gasteiger partial charge in [-0.25, -0.2) is 0 Å². The fourth-order valence-corrected chi connectivity index (χ4v) is 11.3. The predicted octanol–water partition coefficient (Wildman–Crippen LogP) is 10.6. The monoisotopic (exact) mass is 681 g/mol. The molecule has 1 N–H and O–H groups in total. The normalized spacial score (nSPS) is 12.3. The van der Waals surface area contributed by atoms with Crippen LogP contribution in [0.4, 0.5) is 0 Å². The highest BCUT2D eigenvalue weighted by molar-refractivity contribution is 7.87. The Labute approximate surface area is 280 Å². The Bertz CT molecular complexity index is 751. The minimum atomic E-state index is -4.73. The number of unbranched alkanes of at least 4 members (excludes halogenated alkanes) is 14. The zero-order chi connectivity index (χ0) is 34.2. The summed E-state index contributed by atoms with van der Waals surface area (Å²) in [6.45, 7) is 13.9. The van der Waals surface area contributed by atoms with Crippen molar-refractivity contribution in [1.29, 1.82) is 0 Å². The van der Waals surface area contributed by atoms with E-state index in [1.165, 1.54) is 57.8 Å². The summed E-state index contributed by atoms with van der Waals surface area (Å²) in [5.41, 5.74) is 0. The average Bonchev–Trinajstić information content (AvgIpc) is 3.01. The summed E-state index contributed by atoms with van der Waals surface area (Å²) in [5, 5.41) is -1.93. The van der Waals surface area contributed by atoms with Crippen molar-refractivity contribution in [2.75, 3.05) is 37.9 Å². The van der Waals surface area contributed by atoms with Crippen molar-refractivity contribution >= 4 is 29.3 Å². The van der Waals surface area contributed by atoms with E-state index < -0.39 is 41.0 Å². The zero-order valence-electron chi connectivity index (χ0n) is 30.4. The van der Waals surface area contributed by atoms with Gasteiger partial charge in [0.1, 0.15) is 0 Å². The standard InChI is InChI=1S/C20H38O7S.C16H36P/c1-3-5-7-9-11-13-15-26-19(21)17-18(28(23,24)25)20(22)27-16-14-12-10-8-6-4-2;1-5-9-13-17(14-10-6-2,15-11-7-3)16-12-8-4/h18H,3-17H2,1-2H3,(H,23,24,25);5-16H2,1-4H3. The third-order valence-corrected chi connectivity index (χ3v) is 14.6. The van der Waals surface area contributed by atoms with E-state index in [1.54, 1.807) is 24.6 Å². The second-order valence-electron chi connectivity index (χ2n) is 12.8. The summed E-state index contributed by atoms with van der Waals surface area (Å²) in [6, 6.07) is 0. The topological polar surface area (TPSA) is 107 Å². The summed E-state index contributed by atoms with van der Waals surface area (Å²) in [4.78, 5) is 23.8. The summed E-state index contributed by atoms with van der Waals surface area (Å²) < 4.78 is 42.0. The minimum absolute atomic E-state index is 0.0732. The lowest BCUT2D eigenvalue weighted by Crippen LogP contribution is -2.34. The van der Waals surface area contributed by atoms with Gasteiger partial charge in [-0.3, -0.25) is 14.1 Å². The number of esters is 2. The largest absolute Gasteiger partial charge is 0.466 e. The van der Waals surface area contributed by atoms with E-state index in [4.69, 9.17) is 9.47 Å². The van der Waals surface area contributed by atoms with Gasteiger partial charge in [-0.15, -0.1) is 7.26 Å². The van der Waals surface area contributed by atoms with E-state index in [0.717, 1.165) is 57.8 Å². The molecule has 271 valence electrons. The van der Waals surface area contributed by atoms with Crippen molar-refractivity contribution in [2.45, 2.75) is 182 Å². The molecule has 0 aliphatic rings. The van der Waals surface area contributed by atoms with E-state index in [2.05, 4.69) is 41.5 Å². The summed E-state index contributed by atoms with van der Waals surface area (Å²) in [6.07, 6.45) is 29.3. The SMILES string of the molecule is CCCCCCCCOC(=O)CC(C(=O)OCCCCCCCC)S(=O)(=O)O.CCCC[P](CCCC)(CCCC)CCCC. The van der Waals surface area contributed by atoms with Crippen LogP contribution in [-0.4, -0.2) is 68.0 Å². The van der Waals surface area contributed by atoms with Crippen molar-refractivity contribution in [3.63, 3.8) is 0 Å². The molecule has 0 saturated carbocycles. The zero-order valence-corrected chi connectivity index (χ0v) is 32.1. The molecule has 0 saturated heterocycles. The number of hydrogen-bond acceptors (Lipinski definition) is 6. The Morgan fingerprint density at radius 3 is 1.22 bits per heavy atom. The third-order valence-electron chi connectivity index (χ3n) is 8.42. The molecular weight excluding hydrogens is 607 g/mol. The molecule has 1 atom stereocenters. The first-order valence-corrected chi connectivity index (χ1v) is 22.7. The highest BCUT2D eigenvalue weighted by atomic mass is 32.2. The predicted molar refractivity (Wildman–Crippen MR) is 195 cm³/mol. The number of carbonyl (C=O) groups is 2. The van der Waals surface area contributed by atoms with Crippen LogP contribution < -0.4 is 0 Å². The highest BCUT2D eigenvalue weighted by Crippen LogP contribution is 2.61. The van der Waals surface area contributed by atoms with Crippen molar-refractivity contribution in [3.8, 4) is 0 Å². The molecule has 0 aliphatic heterocycles. The fraction of sp³-hybridized carbons (Fsp3) is 0.944. The van der Waals surface area contributed by atoms with Gasteiger partial charge in [0.05, 0.1) is 19.6 Å². The van der Waals surface area contributed by atoms with Crippen LogP contribution in [-0.2, 0) is 29.2 Å². The molecule has 0 fully saturated rings. The van der Waals surface area contributed by atoms with Crippen LogP contribution in [0.25, 0.3) is 0 Å². The van der Waals surface area contributed by atoms with Crippen LogP contribution in [0, 0.1) is 0 Å². The number of carbonyl (C=O) groups excluding carboxylic acids is 2. The van der Waals surface area contributed by atoms with Gasteiger partial charge in [0.25, 0.3) is 10.1 Å². The first-order chi connectivity index (χ1) is 21.6. The van der Waals surface area contributed by atoms with Gasteiger partial charge in [0.15, 0.2) is 5.25 Å². The van der Waals surface area contributed by atoms with Crippen molar-refractivity contribution in [3.05, 3.63) is 0 Å². The number of hydrogen-bond donors (Lipinski definition) is 1. The van der Waals surface area contributed by atoms with E-state index in [1.807, 2.05) is 0 Å². The Kier molecular flexibility index (Phi) is 32.8. The van der Waals surface area contributed by atoms with Gasteiger partial charge in [0, 0.05) is 0 Å². The molecule has 0 aromatic heterocycles. The minimum Gasteiger partial charge on any atom is -0.466 e. The Morgan fingerprint density at radius 2 is 0.867 bits per heavy atom. The van der Waals surface area contributed by atoms with Crippen LogP contribution in [0.15, 0.2) is 0 Å². The van der Waals surface area contributed by atoms with Crippen LogP contribution in [0.5, 0.6) is 0 Å². The van der Waals surface area contributed by atoms with Crippen molar-refractivity contribution in [1.82, 2.24) is 0 Å². The van der Waals surface area contributed by atoms with Crippen LogP contribution in [0.2, 0.25) is 0 Å². The fourth-order valence-electron chi connectivity index (χ4n) is 5.38. The molecule has 0 spiro atoms. The van der Waals surface area contributed by atoms with E-state index in [9.17, 15) is 22.6 Å². The van der Waals surface area contributed by atoms with Crippen LogP contribution in [0.3, 0.4) is 0 Å². The van der Waals surface area contributed by atoms with Gasteiger partial charge in [-0.1, -0.05) is 131 Å². The quantitative estimate of drug-likeness (QED) is 0.0348. The first-order valence-electron chi connectivity index (χ1n) is 18.7. The van der Waals surface area contributed by atoms with Crippen molar-refractivity contribution in [2.24, 2.45) is 0 Å². The maximum Gasteiger partial charge on any atom is 0.327 e. The third kappa shape index (κ3) is 28.0. The first kappa shape index (κ1) is 46.4. The molecule has 1 unspecified atom stereocenters. The molecule has 45 heavy (non-hydrogen) atoms. The lowest BCUT2D eigenvalue weighted by Gasteiger charge is -2.37. The molecule has 7 nitrogen and oxygen atoms in total. The van der Waals surface area contributed by atoms with Gasteiger partial charge >= 0.3 is 11.9 Å². The molecule has 0 rings (SSSR count). The lowest BCUT2D eigenvalue weighted by atomic mass is 10.1. The molecule has 0 amide bonds. The molecule has 1 radical (unpaired) electrons. The maximum absolute atomic E-state index is 12.0. The Hall–Kier alpha value is -0.720. The van der Waals surface area contributed by atoms with Crippen LogP contribution in [0.1, 0.15) is 176 Å². The molecule has 0 aromatic rings.